The van der Waals surface area contributed by atoms with Crippen LogP contribution >= 0.6 is 0 Å². The van der Waals surface area contributed by atoms with Crippen molar-refractivity contribution < 1.29 is 5.11 Å². The second-order valence-corrected chi connectivity index (χ2v) is 3.36. The molecule has 1 nitrogen and oxygen atoms in total. The SMILES string of the molecule is C[C@H](CO)[C@@H](C)c1ccccc1. The molecule has 1 aromatic carbocycles. The molecule has 1 heteroatoms. The molecular weight excluding hydrogens is 148 g/mol. The first-order valence-corrected chi connectivity index (χ1v) is 4.41. The molecule has 0 aliphatic carbocycles. The van der Waals surface area contributed by atoms with Gasteiger partial charge in [-0.3, -0.25) is 0 Å². The fourth-order valence-corrected chi connectivity index (χ4v) is 1.24. The van der Waals surface area contributed by atoms with Crippen LogP contribution < -0.4 is 0 Å². The minimum absolute atomic E-state index is 0.260. The standard InChI is InChI=1S/C11H16O/c1-9(8-12)10(2)11-6-4-3-5-7-11/h3-7,9-10,12H,8H2,1-2H3/t9-,10-/m1/s1. The topological polar surface area (TPSA) is 20.2 Å². The van der Waals surface area contributed by atoms with Crippen molar-refractivity contribution in [3.63, 3.8) is 0 Å². The average Bonchev–Trinajstić information content (AvgIpc) is 2.17. The first-order chi connectivity index (χ1) is 5.75. The molecule has 1 rings (SSSR count). The van der Waals surface area contributed by atoms with E-state index in [1.165, 1.54) is 5.56 Å². The molecule has 0 aliphatic rings. The third-order valence-electron chi connectivity index (χ3n) is 2.47. The molecule has 0 unspecified atom stereocenters. The third-order valence-corrected chi connectivity index (χ3v) is 2.47. The Balaban J connectivity index is 2.71. The van der Waals surface area contributed by atoms with Crippen LogP contribution in [0.5, 0.6) is 0 Å². The molecule has 1 N–H and O–H groups in total. The van der Waals surface area contributed by atoms with Crippen molar-refractivity contribution in [2.75, 3.05) is 6.61 Å². The van der Waals surface area contributed by atoms with Gasteiger partial charge in [0.1, 0.15) is 0 Å². The van der Waals surface area contributed by atoms with Crippen LogP contribution in [0.1, 0.15) is 25.3 Å². The Bertz CT molecular complexity index is 218. The first kappa shape index (κ1) is 9.27. The molecule has 1 aromatic rings. The minimum atomic E-state index is 0.260. The van der Waals surface area contributed by atoms with Crippen molar-refractivity contribution in [1.82, 2.24) is 0 Å². The molecule has 0 aromatic heterocycles. The Morgan fingerprint density at radius 1 is 1.17 bits per heavy atom. The summed E-state index contributed by atoms with van der Waals surface area (Å²) < 4.78 is 0. The first-order valence-electron chi connectivity index (χ1n) is 4.41. The zero-order chi connectivity index (χ0) is 8.97. The van der Waals surface area contributed by atoms with Gasteiger partial charge in [-0.15, -0.1) is 0 Å². The van der Waals surface area contributed by atoms with Crippen molar-refractivity contribution in [2.24, 2.45) is 5.92 Å². The lowest BCUT2D eigenvalue weighted by Gasteiger charge is -2.17. The van der Waals surface area contributed by atoms with Crippen molar-refractivity contribution in [3.8, 4) is 0 Å². The summed E-state index contributed by atoms with van der Waals surface area (Å²) in [6.45, 7) is 4.48. The van der Waals surface area contributed by atoms with Gasteiger partial charge in [-0.1, -0.05) is 44.2 Å². The van der Waals surface area contributed by atoms with E-state index in [0.717, 1.165) is 0 Å². The van der Waals surface area contributed by atoms with Gasteiger partial charge in [0.2, 0.25) is 0 Å². The number of aliphatic hydroxyl groups is 1. The number of hydrogen-bond donors (Lipinski definition) is 1. The average molecular weight is 164 g/mol. The second-order valence-electron chi connectivity index (χ2n) is 3.36. The highest BCUT2D eigenvalue weighted by Crippen LogP contribution is 2.22. The van der Waals surface area contributed by atoms with E-state index < -0.39 is 0 Å². The molecule has 12 heavy (non-hydrogen) atoms. The zero-order valence-corrected chi connectivity index (χ0v) is 7.70. The molecular formula is C11H16O. The van der Waals surface area contributed by atoms with Crippen molar-refractivity contribution in [1.29, 1.82) is 0 Å². The fraction of sp³-hybridized carbons (Fsp3) is 0.455. The van der Waals surface area contributed by atoms with Gasteiger partial charge in [0, 0.05) is 6.61 Å². The van der Waals surface area contributed by atoms with Crippen LogP contribution in [0.4, 0.5) is 0 Å². The van der Waals surface area contributed by atoms with Gasteiger partial charge < -0.3 is 5.11 Å². The molecule has 0 amide bonds. The maximum atomic E-state index is 8.97. The van der Waals surface area contributed by atoms with Gasteiger partial charge in [0.25, 0.3) is 0 Å². The summed E-state index contributed by atoms with van der Waals surface area (Å²) >= 11 is 0. The van der Waals surface area contributed by atoms with Crippen molar-refractivity contribution >= 4 is 0 Å². The highest BCUT2D eigenvalue weighted by Gasteiger charge is 2.11. The van der Waals surface area contributed by atoms with Crippen LogP contribution in [0.3, 0.4) is 0 Å². The second kappa shape index (κ2) is 4.27. The van der Waals surface area contributed by atoms with E-state index in [1.54, 1.807) is 0 Å². The van der Waals surface area contributed by atoms with Crippen LogP contribution in [0, 0.1) is 5.92 Å². The molecule has 0 heterocycles. The van der Waals surface area contributed by atoms with Gasteiger partial charge in [0.15, 0.2) is 0 Å². The Labute approximate surface area is 74.1 Å². The molecule has 0 fully saturated rings. The predicted octanol–water partition coefficient (Wildman–Crippen LogP) is 2.42. The lowest BCUT2D eigenvalue weighted by molar-refractivity contribution is 0.220. The van der Waals surface area contributed by atoms with Crippen LogP contribution in [-0.2, 0) is 0 Å². The van der Waals surface area contributed by atoms with Crippen LogP contribution in [0.2, 0.25) is 0 Å². The zero-order valence-electron chi connectivity index (χ0n) is 7.70. The molecule has 0 bridgehead atoms. The van der Waals surface area contributed by atoms with E-state index >= 15 is 0 Å². The van der Waals surface area contributed by atoms with E-state index in [4.69, 9.17) is 5.11 Å². The molecule has 2 atom stereocenters. The van der Waals surface area contributed by atoms with E-state index in [0.29, 0.717) is 11.8 Å². The lowest BCUT2D eigenvalue weighted by Crippen LogP contribution is -2.09. The Kier molecular flexibility index (Phi) is 3.30. The molecule has 0 spiro atoms. The summed E-state index contributed by atoms with van der Waals surface area (Å²) in [7, 11) is 0. The Morgan fingerprint density at radius 3 is 2.25 bits per heavy atom. The number of aliphatic hydroxyl groups excluding tert-OH is 1. The normalized spacial score (nSPS) is 15.6. The third kappa shape index (κ3) is 2.08. The van der Waals surface area contributed by atoms with Crippen LogP contribution in [-0.4, -0.2) is 11.7 Å². The van der Waals surface area contributed by atoms with Crippen molar-refractivity contribution in [2.45, 2.75) is 19.8 Å². The van der Waals surface area contributed by atoms with Gasteiger partial charge in [0.05, 0.1) is 0 Å². The van der Waals surface area contributed by atoms with E-state index in [-0.39, 0.29) is 6.61 Å². The van der Waals surface area contributed by atoms with Gasteiger partial charge >= 0.3 is 0 Å². The van der Waals surface area contributed by atoms with Gasteiger partial charge in [-0.25, -0.2) is 0 Å². The smallest absolute Gasteiger partial charge is 0.0462 e. The molecule has 0 radical (unpaired) electrons. The van der Waals surface area contributed by atoms with Crippen molar-refractivity contribution in [3.05, 3.63) is 35.9 Å². The van der Waals surface area contributed by atoms with E-state index in [1.807, 2.05) is 18.2 Å². The summed E-state index contributed by atoms with van der Waals surface area (Å²) in [5.74, 6) is 0.781. The molecule has 0 saturated carbocycles. The summed E-state index contributed by atoms with van der Waals surface area (Å²) in [4.78, 5) is 0. The highest BCUT2D eigenvalue weighted by atomic mass is 16.3. The molecule has 66 valence electrons. The fourth-order valence-electron chi connectivity index (χ4n) is 1.24. The number of hydrogen-bond acceptors (Lipinski definition) is 1. The predicted molar refractivity (Wildman–Crippen MR) is 51.1 cm³/mol. The highest BCUT2D eigenvalue weighted by molar-refractivity contribution is 5.19. The van der Waals surface area contributed by atoms with Crippen LogP contribution in [0.15, 0.2) is 30.3 Å². The summed E-state index contributed by atoms with van der Waals surface area (Å²) in [5.41, 5.74) is 1.30. The monoisotopic (exact) mass is 164 g/mol. The Hall–Kier alpha value is -0.820. The number of benzene rings is 1. The van der Waals surface area contributed by atoms with E-state index in [9.17, 15) is 0 Å². The largest absolute Gasteiger partial charge is 0.396 e. The van der Waals surface area contributed by atoms with Gasteiger partial charge in [-0.2, -0.15) is 0 Å². The van der Waals surface area contributed by atoms with E-state index in [2.05, 4.69) is 26.0 Å². The van der Waals surface area contributed by atoms with Crippen LogP contribution in [0.25, 0.3) is 0 Å². The van der Waals surface area contributed by atoms with Gasteiger partial charge in [-0.05, 0) is 17.4 Å². The Morgan fingerprint density at radius 2 is 1.75 bits per heavy atom. The quantitative estimate of drug-likeness (QED) is 0.727. The lowest BCUT2D eigenvalue weighted by atomic mass is 9.90. The number of rotatable bonds is 3. The minimum Gasteiger partial charge on any atom is -0.396 e. The maximum Gasteiger partial charge on any atom is 0.0462 e. The summed E-state index contributed by atoms with van der Waals surface area (Å²) in [6, 6.07) is 10.3. The summed E-state index contributed by atoms with van der Waals surface area (Å²) in [6.07, 6.45) is 0. The molecule has 0 aliphatic heterocycles. The maximum absolute atomic E-state index is 8.97. The summed E-state index contributed by atoms with van der Waals surface area (Å²) in [5, 5.41) is 8.97. The molecule has 0 saturated heterocycles.